The Morgan fingerprint density at radius 1 is 0.778 bits per heavy atom. The molecule has 4 aromatic rings. The van der Waals surface area contributed by atoms with Crippen molar-refractivity contribution in [2.75, 3.05) is 5.32 Å². The van der Waals surface area contributed by atoms with Crippen molar-refractivity contribution in [1.29, 1.82) is 0 Å². The standard InChI is InChI=1S/C23H17NO3/c25-22-19-14-8-7-13-18(19)21(27-17-11-5-2-6-12-17)15-20(22)23(26)24-16-9-3-1-4-10-16/h1-15,25H,(H,24,26). The van der Waals surface area contributed by atoms with Crippen molar-refractivity contribution < 1.29 is 14.6 Å². The molecule has 0 fully saturated rings. The van der Waals surface area contributed by atoms with Crippen molar-refractivity contribution >= 4 is 22.4 Å². The van der Waals surface area contributed by atoms with Crippen molar-refractivity contribution in [3.05, 3.63) is 96.6 Å². The molecule has 0 heterocycles. The predicted octanol–water partition coefficient (Wildman–Crippen LogP) is 5.59. The molecule has 0 aliphatic rings. The van der Waals surface area contributed by atoms with Gasteiger partial charge in [-0.05, 0) is 30.3 Å². The summed E-state index contributed by atoms with van der Waals surface area (Å²) in [5, 5.41) is 14.8. The highest BCUT2D eigenvalue weighted by atomic mass is 16.5. The van der Waals surface area contributed by atoms with Crippen molar-refractivity contribution in [1.82, 2.24) is 0 Å². The normalized spacial score (nSPS) is 10.5. The lowest BCUT2D eigenvalue weighted by atomic mass is 10.0. The van der Waals surface area contributed by atoms with E-state index in [4.69, 9.17) is 4.74 Å². The fourth-order valence-corrected chi connectivity index (χ4v) is 2.92. The Hall–Kier alpha value is -3.79. The molecule has 0 radical (unpaired) electrons. The monoisotopic (exact) mass is 355 g/mol. The van der Waals surface area contributed by atoms with E-state index in [2.05, 4.69) is 5.32 Å². The molecular formula is C23H17NO3. The van der Waals surface area contributed by atoms with Gasteiger partial charge in [0.05, 0.1) is 5.56 Å². The van der Waals surface area contributed by atoms with Crippen LogP contribution < -0.4 is 10.1 Å². The van der Waals surface area contributed by atoms with Gasteiger partial charge in [-0.15, -0.1) is 0 Å². The van der Waals surface area contributed by atoms with E-state index in [1.54, 1.807) is 24.3 Å². The van der Waals surface area contributed by atoms with Crippen LogP contribution in [0.4, 0.5) is 5.69 Å². The second-order valence-electron chi connectivity index (χ2n) is 6.05. The van der Waals surface area contributed by atoms with Crippen molar-refractivity contribution in [2.24, 2.45) is 0 Å². The number of para-hydroxylation sites is 2. The maximum Gasteiger partial charge on any atom is 0.259 e. The van der Waals surface area contributed by atoms with Crippen molar-refractivity contribution in [3.63, 3.8) is 0 Å². The fourth-order valence-electron chi connectivity index (χ4n) is 2.92. The number of carbonyl (C=O) groups excluding carboxylic acids is 1. The number of anilines is 1. The summed E-state index contributed by atoms with van der Waals surface area (Å²) >= 11 is 0. The Morgan fingerprint density at radius 2 is 1.37 bits per heavy atom. The van der Waals surface area contributed by atoms with Crippen LogP contribution in [0.3, 0.4) is 0 Å². The highest BCUT2D eigenvalue weighted by Gasteiger charge is 2.18. The molecule has 0 spiro atoms. The van der Waals surface area contributed by atoms with Gasteiger partial charge in [0.2, 0.25) is 0 Å². The van der Waals surface area contributed by atoms with Gasteiger partial charge in [-0.25, -0.2) is 0 Å². The number of phenols is 1. The van der Waals surface area contributed by atoms with Gasteiger partial charge in [0.25, 0.3) is 5.91 Å². The molecule has 1 amide bonds. The fraction of sp³-hybridized carbons (Fsp3) is 0. The summed E-state index contributed by atoms with van der Waals surface area (Å²) in [7, 11) is 0. The number of ether oxygens (including phenoxy) is 1. The van der Waals surface area contributed by atoms with Crippen LogP contribution in [0.2, 0.25) is 0 Å². The molecule has 0 aromatic heterocycles. The topological polar surface area (TPSA) is 58.6 Å². The predicted molar refractivity (Wildman–Crippen MR) is 107 cm³/mol. The van der Waals surface area contributed by atoms with E-state index in [1.807, 2.05) is 66.7 Å². The van der Waals surface area contributed by atoms with Crippen molar-refractivity contribution in [3.8, 4) is 17.2 Å². The van der Waals surface area contributed by atoms with E-state index < -0.39 is 5.91 Å². The van der Waals surface area contributed by atoms with Gasteiger partial charge in [-0.2, -0.15) is 0 Å². The number of hydrogen-bond acceptors (Lipinski definition) is 3. The Morgan fingerprint density at radius 3 is 2.07 bits per heavy atom. The minimum atomic E-state index is -0.401. The molecule has 2 N–H and O–H groups in total. The van der Waals surface area contributed by atoms with Crippen LogP contribution in [0, 0.1) is 0 Å². The van der Waals surface area contributed by atoms with Crippen LogP contribution in [-0.4, -0.2) is 11.0 Å². The maximum absolute atomic E-state index is 12.8. The van der Waals surface area contributed by atoms with Gasteiger partial charge in [0.15, 0.2) is 0 Å². The largest absolute Gasteiger partial charge is 0.506 e. The number of fused-ring (bicyclic) bond motifs is 1. The molecule has 0 atom stereocenters. The quantitative estimate of drug-likeness (QED) is 0.502. The van der Waals surface area contributed by atoms with E-state index in [1.165, 1.54) is 0 Å². The smallest absolute Gasteiger partial charge is 0.259 e. The van der Waals surface area contributed by atoms with Gasteiger partial charge in [-0.1, -0.05) is 60.7 Å². The van der Waals surface area contributed by atoms with Gasteiger partial charge in [0.1, 0.15) is 17.2 Å². The SMILES string of the molecule is O=C(Nc1ccccc1)c1cc(Oc2ccccc2)c2ccccc2c1O. The Balaban J connectivity index is 1.78. The molecule has 0 aliphatic heterocycles. The molecule has 0 saturated heterocycles. The minimum Gasteiger partial charge on any atom is -0.506 e. The zero-order valence-corrected chi connectivity index (χ0v) is 14.4. The van der Waals surface area contributed by atoms with E-state index in [9.17, 15) is 9.90 Å². The molecule has 0 unspecified atom stereocenters. The molecule has 27 heavy (non-hydrogen) atoms. The van der Waals surface area contributed by atoms with E-state index in [-0.39, 0.29) is 11.3 Å². The third kappa shape index (κ3) is 3.46. The Labute approximate surface area is 156 Å². The molecule has 4 aromatic carbocycles. The van der Waals surface area contributed by atoms with Gasteiger partial charge < -0.3 is 15.2 Å². The number of amides is 1. The molecule has 0 aliphatic carbocycles. The lowest BCUT2D eigenvalue weighted by Gasteiger charge is -2.14. The van der Waals surface area contributed by atoms with Gasteiger partial charge in [0, 0.05) is 16.5 Å². The molecular weight excluding hydrogens is 338 g/mol. The summed E-state index contributed by atoms with van der Waals surface area (Å²) in [4.78, 5) is 12.8. The van der Waals surface area contributed by atoms with E-state index in [0.29, 0.717) is 22.6 Å². The molecule has 132 valence electrons. The highest BCUT2D eigenvalue weighted by Crippen LogP contribution is 2.38. The summed E-state index contributed by atoms with van der Waals surface area (Å²) in [6.07, 6.45) is 0. The number of carbonyl (C=O) groups is 1. The first-order valence-electron chi connectivity index (χ1n) is 8.56. The van der Waals surface area contributed by atoms with Crippen LogP contribution in [0.5, 0.6) is 17.2 Å². The van der Waals surface area contributed by atoms with Crippen LogP contribution in [0.15, 0.2) is 91.0 Å². The van der Waals surface area contributed by atoms with Gasteiger partial charge in [-0.3, -0.25) is 4.79 Å². The first kappa shape index (κ1) is 16.7. The van der Waals surface area contributed by atoms with Crippen LogP contribution in [0.1, 0.15) is 10.4 Å². The molecule has 4 heteroatoms. The number of benzene rings is 4. The molecule has 0 saturated carbocycles. The molecule has 4 nitrogen and oxygen atoms in total. The Bertz CT molecular complexity index is 1090. The Kier molecular flexibility index (Phi) is 4.45. The van der Waals surface area contributed by atoms with E-state index >= 15 is 0 Å². The first-order chi connectivity index (χ1) is 13.2. The summed E-state index contributed by atoms with van der Waals surface area (Å²) in [6, 6.07) is 27.3. The molecule has 0 bridgehead atoms. The second-order valence-corrected chi connectivity index (χ2v) is 6.05. The summed E-state index contributed by atoms with van der Waals surface area (Å²) in [5.41, 5.74) is 0.809. The zero-order chi connectivity index (χ0) is 18.6. The zero-order valence-electron chi connectivity index (χ0n) is 14.4. The van der Waals surface area contributed by atoms with Crippen LogP contribution >= 0.6 is 0 Å². The summed E-state index contributed by atoms with van der Waals surface area (Å²) in [5.74, 6) is 0.692. The van der Waals surface area contributed by atoms with Gasteiger partial charge >= 0.3 is 0 Å². The molecule has 4 rings (SSSR count). The number of nitrogens with one attached hydrogen (secondary N) is 1. The number of rotatable bonds is 4. The second kappa shape index (κ2) is 7.22. The van der Waals surface area contributed by atoms with E-state index in [0.717, 1.165) is 5.39 Å². The number of phenolic OH excluding ortho intramolecular Hbond substituents is 1. The van der Waals surface area contributed by atoms with Crippen molar-refractivity contribution in [2.45, 2.75) is 0 Å². The maximum atomic E-state index is 12.8. The summed E-state index contributed by atoms with van der Waals surface area (Å²) in [6.45, 7) is 0. The minimum absolute atomic E-state index is 0.0700. The average Bonchev–Trinajstić information content (AvgIpc) is 2.71. The summed E-state index contributed by atoms with van der Waals surface area (Å²) < 4.78 is 6.00. The first-order valence-corrected chi connectivity index (χ1v) is 8.56. The number of hydrogen-bond donors (Lipinski definition) is 2. The third-order valence-electron chi connectivity index (χ3n) is 4.23. The van der Waals surface area contributed by atoms with Crippen LogP contribution in [0.25, 0.3) is 10.8 Å². The third-order valence-corrected chi connectivity index (χ3v) is 4.23. The average molecular weight is 355 g/mol. The lowest BCUT2D eigenvalue weighted by Crippen LogP contribution is -2.12. The number of aromatic hydroxyl groups is 1. The van der Waals surface area contributed by atoms with Crippen LogP contribution in [-0.2, 0) is 0 Å². The lowest BCUT2D eigenvalue weighted by molar-refractivity contribution is 0.102. The highest BCUT2D eigenvalue weighted by molar-refractivity contribution is 6.11.